The predicted molar refractivity (Wildman–Crippen MR) is 85.7 cm³/mol. The number of nitrogens with zero attached hydrogens (tertiary/aromatic N) is 1. The van der Waals surface area contributed by atoms with Gasteiger partial charge < -0.3 is 5.11 Å². The summed E-state index contributed by atoms with van der Waals surface area (Å²) in [6.07, 6.45) is 0. The van der Waals surface area contributed by atoms with Gasteiger partial charge in [0.25, 0.3) is 0 Å². The number of nitrogens with one attached hydrogen (secondary N) is 1. The van der Waals surface area contributed by atoms with Crippen molar-refractivity contribution < 1.29 is 13.5 Å². The molecule has 0 spiro atoms. The zero-order valence-corrected chi connectivity index (χ0v) is 14.8. The van der Waals surface area contributed by atoms with Crippen LogP contribution in [0.1, 0.15) is 21.8 Å². The molecule has 0 amide bonds. The zero-order chi connectivity index (χ0) is 15.6. The summed E-state index contributed by atoms with van der Waals surface area (Å²) in [5.41, 5.74) is 2.00. The molecule has 0 fully saturated rings. The molecule has 114 valence electrons. The fraction of sp³-hybridized carbons (Fsp3) is 0.308. The quantitative estimate of drug-likeness (QED) is 0.821. The molecule has 0 aliphatic carbocycles. The largest absolute Gasteiger partial charge is 0.392 e. The van der Waals surface area contributed by atoms with Crippen LogP contribution in [0.3, 0.4) is 0 Å². The third kappa shape index (κ3) is 3.89. The molecule has 1 aromatic carbocycles. The second kappa shape index (κ2) is 6.53. The molecule has 0 unspecified atom stereocenters. The minimum Gasteiger partial charge on any atom is -0.392 e. The Bertz CT molecular complexity index is 757. The molecule has 0 bridgehead atoms. The van der Waals surface area contributed by atoms with Crippen molar-refractivity contribution in [1.82, 2.24) is 9.71 Å². The number of halogens is 1. The van der Waals surface area contributed by atoms with Crippen molar-refractivity contribution in [2.75, 3.05) is 0 Å². The minimum absolute atomic E-state index is 0.124. The number of aryl methyl sites for hydroxylation is 2. The van der Waals surface area contributed by atoms with E-state index in [1.54, 1.807) is 13.0 Å². The highest BCUT2D eigenvalue weighted by Crippen LogP contribution is 2.27. The summed E-state index contributed by atoms with van der Waals surface area (Å²) in [4.78, 5) is 4.34. The van der Waals surface area contributed by atoms with E-state index in [-0.39, 0.29) is 18.0 Å². The van der Waals surface area contributed by atoms with Crippen molar-refractivity contribution >= 4 is 37.3 Å². The summed E-state index contributed by atoms with van der Waals surface area (Å²) >= 11 is 4.77. The SMILES string of the molecule is Cc1nc(CNS(=O)(=O)c2cc(CO)cc(C)c2Br)cs1. The van der Waals surface area contributed by atoms with Gasteiger partial charge in [-0.2, -0.15) is 0 Å². The Labute approximate surface area is 136 Å². The number of rotatable bonds is 5. The van der Waals surface area contributed by atoms with Gasteiger partial charge in [-0.25, -0.2) is 18.1 Å². The number of aromatic nitrogens is 1. The van der Waals surface area contributed by atoms with Crippen LogP contribution in [0.2, 0.25) is 0 Å². The normalized spacial score (nSPS) is 11.8. The monoisotopic (exact) mass is 390 g/mol. The van der Waals surface area contributed by atoms with Crippen LogP contribution in [-0.2, 0) is 23.2 Å². The Morgan fingerprint density at radius 1 is 1.38 bits per heavy atom. The van der Waals surface area contributed by atoms with Crippen LogP contribution < -0.4 is 4.72 Å². The second-order valence-electron chi connectivity index (χ2n) is 4.57. The van der Waals surface area contributed by atoms with Gasteiger partial charge in [-0.05, 0) is 47.0 Å². The molecule has 0 saturated carbocycles. The van der Waals surface area contributed by atoms with E-state index in [1.807, 2.05) is 12.3 Å². The van der Waals surface area contributed by atoms with Gasteiger partial charge in [-0.3, -0.25) is 0 Å². The third-order valence-corrected chi connectivity index (χ3v) is 6.43. The second-order valence-corrected chi connectivity index (χ2v) is 8.16. The Kier molecular flexibility index (Phi) is 5.15. The number of aliphatic hydroxyl groups is 1. The van der Waals surface area contributed by atoms with Crippen LogP contribution in [0.5, 0.6) is 0 Å². The van der Waals surface area contributed by atoms with E-state index < -0.39 is 10.0 Å². The Morgan fingerprint density at radius 3 is 2.67 bits per heavy atom. The summed E-state index contributed by atoms with van der Waals surface area (Å²) in [5, 5.41) is 11.9. The van der Waals surface area contributed by atoms with Gasteiger partial charge in [0.05, 0.1) is 28.7 Å². The number of hydrogen-bond acceptors (Lipinski definition) is 5. The van der Waals surface area contributed by atoms with Crippen molar-refractivity contribution in [2.45, 2.75) is 31.9 Å². The van der Waals surface area contributed by atoms with Crippen LogP contribution >= 0.6 is 27.3 Å². The molecule has 0 aliphatic heterocycles. The van der Waals surface area contributed by atoms with E-state index in [2.05, 4.69) is 25.6 Å². The lowest BCUT2D eigenvalue weighted by Crippen LogP contribution is -2.24. The standard InChI is InChI=1S/C13H15BrN2O3S2/c1-8-3-10(6-17)4-12(13(8)14)21(18,19)15-5-11-7-20-9(2)16-11/h3-4,7,15,17H,5-6H2,1-2H3. The summed E-state index contributed by atoms with van der Waals surface area (Å²) in [7, 11) is -3.68. The first kappa shape index (κ1) is 16.6. The molecule has 1 heterocycles. The molecule has 21 heavy (non-hydrogen) atoms. The average Bonchev–Trinajstić information content (AvgIpc) is 2.85. The van der Waals surface area contributed by atoms with E-state index in [1.165, 1.54) is 17.4 Å². The molecule has 0 aliphatic rings. The highest BCUT2D eigenvalue weighted by atomic mass is 79.9. The van der Waals surface area contributed by atoms with E-state index in [4.69, 9.17) is 0 Å². The summed E-state index contributed by atoms with van der Waals surface area (Å²) in [6.45, 7) is 3.59. The van der Waals surface area contributed by atoms with Gasteiger partial charge in [0, 0.05) is 9.85 Å². The maximum absolute atomic E-state index is 12.4. The van der Waals surface area contributed by atoms with Gasteiger partial charge >= 0.3 is 0 Å². The van der Waals surface area contributed by atoms with E-state index in [9.17, 15) is 13.5 Å². The van der Waals surface area contributed by atoms with E-state index in [0.29, 0.717) is 15.7 Å². The van der Waals surface area contributed by atoms with Crippen molar-refractivity contribution in [3.63, 3.8) is 0 Å². The lowest BCUT2D eigenvalue weighted by atomic mass is 10.1. The first-order chi connectivity index (χ1) is 9.83. The first-order valence-electron chi connectivity index (χ1n) is 6.14. The number of sulfonamides is 1. The lowest BCUT2D eigenvalue weighted by Gasteiger charge is -2.11. The fourth-order valence-corrected chi connectivity index (χ4v) is 4.51. The number of hydrogen-bond donors (Lipinski definition) is 2. The van der Waals surface area contributed by atoms with Crippen LogP contribution in [-0.4, -0.2) is 18.5 Å². The molecule has 2 aromatic rings. The Balaban J connectivity index is 2.29. The lowest BCUT2D eigenvalue weighted by molar-refractivity contribution is 0.281. The molecule has 1 aromatic heterocycles. The smallest absolute Gasteiger partial charge is 0.242 e. The molecule has 8 heteroatoms. The third-order valence-electron chi connectivity index (χ3n) is 2.86. The Hall–Kier alpha value is -0.800. The van der Waals surface area contributed by atoms with Crippen LogP contribution in [0.25, 0.3) is 0 Å². The maximum atomic E-state index is 12.4. The van der Waals surface area contributed by atoms with E-state index in [0.717, 1.165) is 10.6 Å². The molecule has 0 atom stereocenters. The molecule has 0 saturated heterocycles. The van der Waals surface area contributed by atoms with Gasteiger partial charge in [0.2, 0.25) is 10.0 Å². The highest BCUT2D eigenvalue weighted by Gasteiger charge is 2.20. The van der Waals surface area contributed by atoms with Gasteiger partial charge in [0.15, 0.2) is 0 Å². The topological polar surface area (TPSA) is 79.3 Å². The van der Waals surface area contributed by atoms with Gasteiger partial charge in [-0.1, -0.05) is 6.07 Å². The van der Waals surface area contributed by atoms with Crippen molar-refractivity contribution in [3.8, 4) is 0 Å². The highest BCUT2D eigenvalue weighted by molar-refractivity contribution is 9.10. The van der Waals surface area contributed by atoms with Crippen molar-refractivity contribution in [1.29, 1.82) is 0 Å². The molecule has 2 rings (SSSR count). The molecular weight excluding hydrogens is 376 g/mol. The summed E-state index contributed by atoms with van der Waals surface area (Å²) < 4.78 is 27.8. The van der Waals surface area contributed by atoms with Crippen molar-refractivity contribution in [2.24, 2.45) is 0 Å². The number of aliphatic hydroxyl groups excluding tert-OH is 1. The molecule has 0 radical (unpaired) electrons. The van der Waals surface area contributed by atoms with Crippen LogP contribution in [0.4, 0.5) is 0 Å². The summed E-state index contributed by atoms with van der Waals surface area (Å²) in [5.74, 6) is 0. The minimum atomic E-state index is -3.68. The molecular formula is C13H15BrN2O3S2. The van der Waals surface area contributed by atoms with Crippen LogP contribution in [0.15, 0.2) is 26.9 Å². The van der Waals surface area contributed by atoms with Crippen molar-refractivity contribution in [3.05, 3.63) is 43.8 Å². The summed E-state index contributed by atoms with van der Waals surface area (Å²) in [6, 6.07) is 3.21. The first-order valence-corrected chi connectivity index (χ1v) is 9.29. The van der Waals surface area contributed by atoms with Crippen LogP contribution in [0, 0.1) is 13.8 Å². The predicted octanol–water partition coefficient (Wildman–Crippen LogP) is 2.49. The van der Waals surface area contributed by atoms with Gasteiger partial charge in [0.1, 0.15) is 0 Å². The maximum Gasteiger partial charge on any atom is 0.242 e. The number of thiazole rings is 1. The number of benzene rings is 1. The Morgan fingerprint density at radius 2 is 2.10 bits per heavy atom. The van der Waals surface area contributed by atoms with E-state index >= 15 is 0 Å². The average molecular weight is 391 g/mol. The molecule has 2 N–H and O–H groups in total. The zero-order valence-electron chi connectivity index (χ0n) is 11.6. The van der Waals surface area contributed by atoms with Gasteiger partial charge in [-0.15, -0.1) is 11.3 Å². The molecule has 5 nitrogen and oxygen atoms in total. The fourth-order valence-electron chi connectivity index (χ4n) is 1.83.